The van der Waals surface area contributed by atoms with Gasteiger partial charge in [-0.25, -0.2) is 4.98 Å². The van der Waals surface area contributed by atoms with Crippen LogP contribution in [0.2, 0.25) is 0 Å². The minimum absolute atomic E-state index is 0.0505. The van der Waals surface area contributed by atoms with Gasteiger partial charge < -0.3 is 14.1 Å². The van der Waals surface area contributed by atoms with Crippen LogP contribution in [0.5, 0.6) is 0 Å². The van der Waals surface area contributed by atoms with Gasteiger partial charge in [-0.2, -0.15) is 0 Å². The maximum atomic E-state index is 12.3. The first kappa shape index (κ1) is 18.5. The number of hydrogen-bond donors (Lipinski definition) is 0. The Labute approximate surface area is 156 Å². The quantitative estimate of drug-likeness (QED) is 0.543. The predicted octanol–water partition coefficient (Wildman–Crippen LogP) is 3.77. The molecule has 0 spiro atoms. The lowest BCUT2D eigenvalue weighted by molar-refractivity contribution is -0.149. The van der Waals surface area contributed by atoms with E-state index < -0.39 is 5.97 Å². The van der Waals surface area contributed by atoms with Crippen molar-refractivity contribution in [2.75, 3.05) is 18.9 Å². The maximum absolute atomic E-state index is 12.3. The zero-order valence-electron chi connectivity index (χ0n) is 14.8. The molecule has 2 aromatic rings. The fourth-order valence-corrected chi connectivity index (χ4v) is 3.54. The summed E-state index contributed by atoms with van der Waals surface area (Å²) in [5, 5.41) is 0.414. The van der Waals surface area contributed by atoms with Gasteiger partial charge in [-0.3, -0.25) is 9.59 Å². The van der Waals surface area contributed by atoms with Gasteiger partial charge in [0.05, 0.1) is 0 Å². The Kier molecular flexibility index (Phi) is 6.33. The lowest BCUT2D eigenvalue weighted by Gasteiger charge is -2.26. The first-order chi connectivity index (χ1) is 12.7. The average molecular weight is 374 g/mol. The molecular formula is C19H22N2O4S. The van der Waals surface area contributed by atoms with Gasteiger partial charge in [0.2, 0.25) is 0 Å². The van der Waals surface area contributed by atoms with Crippen molar-refractivity contribution in [2.45, 2.75) is 37.8 Å². The summed E-state index contributed by atoms with van der Waals surface area (Å²) in [6.07, 6.45) is 6.27. The van der Waals surface area contributed by atoms with E-state index in [0.717, 1.165) is 48.7 Å². The van der Waals surface area contributed by atoms with E-state index in [-0.39, 0.29) is 18.3 Å². The van der Waals surface area contributed by atoms with Crippen LogP contribution in [0.25, 0.3) is 11.1 Å². The Balaban J connectivity index is 1.47. The number of ether oxygens (including phenoxy) is 1. The van der Waals surface area contributed by atoms with Crippen LogP contribution in [-0.4, -0.2) is 40.7 Å². The molecule has 1 heterocycles. The van der Waals surface area contributed by atoms with Gasteiger partial charge in [0.1, 0.15) is 11.3 Å². The Morgan fingerprint density at radius 1 is 1.31 bits per heavy atom. The summed E-state index contributed by atoms with van der Waals surface area (Å²) in [5.41, 5.74) is 2.47. The van der Waals surface area contributed by atoms with Gasteiger partial charge in [0.25, 0.3) is 11.1 Å². The van der Waals surface area contributed by atoms with Crippen LogP contribution in [0.15, 0.2) is 45.7 Å². The summed E-state index contributed by atoms with van der Waals surface area (Å²) in [4.78, 5) is 30.3. The van der Waals surface area contributed by atoms with Gasteiger partial charge in [0.15, 0.2) is 12.2 Å². The number of para-hydroxylation sites is 2. The number of benzene rings is 1. The standard InChI is InChI=1S/C19H22N2O4S/c1-2-21(14-8-4-3-5-9-14)17(22)12-24-18(23)13-26-19-20-15-10-6-7-11-16(15)25-19/h6-8,10-11H,2-5,9,12-13H2,1H3. The van der Waals surface area contributed by atoms with Gasteiger partial charge in [0, 0.05) is 12.2 Å². The van der Waals surface area contributed by atoms with Crippen LogP contribution < -0.4 is 0 Å². The van der Waals surface area contributed by atoms with Crippen molar-refractivity contribution in [2.24, 2.45) is 0 Å². The number of aromatic nitrogens is 1. The first-order valence-electron chi connectivity index (χ1n) is 8.80. The Morgan fingerprint density at radius 2 is 2.15 bits per heavy atom. The lowest BCUT2D eigenvalue weighted by Crippen LogP contribution is -2.34. The SMILES string of the molecule is CCN(C(=O)COC(=O)CSc1nc2ccccc2o1)C1=CCCCC1. The number of hydrogen-bond acceptors (Lipinski definition) is 6. The van der Waals surface area contributed by atoms with Crippen molar-refractivity contribution in [3.63, 3.8) is 0 Å². The maximum Gasteiger partial charge on any atom is 0.316 e. The first-order valence-corrected chi connectivity index (χ1v) is 9.79. The Morgan fingerprint density at radius 3 is 2.88 bits per heavy atom. The molecule has 138 valence electrons. The zero-order chi connectivity index (χ0) is 18.4. The van der Waals surface area contributed by atoms with E-state index in [1.54, 1.807) is 4.90 Å². The molecule has 1 aliphatic rings. The Hall–Kier alpha value is -2.28. The minimum atomic E-state index is -0.459. The molecule has 0 bridgehead atoms. The molecule has 3 rings (SSSR count). The van der Waals surface area contributed by atoms with E-state index in [1.807, 2.05) is 31.2 Å². The molecule has 1 amide bonds. The predicted molar refractivity (Wildman–Crippen MR) is 99.6 cm³/mol. The van der Waals surface area contributed by atoms with Crippen LogP contribution in [0.4, 0.5) is 0 Å². The number of nitrogens with zero attached hydrogens (tertiary/aromatic N) is 2. The highest BCUT2D eigenvalue weighted by Crippen LogP contribution is 2.23. The summed E-state index contributed by atoms with van der Waals surface area (Å²) >= 11 is 1.16. The smallest absolute Gasteiger partial charge is 0.316 e. The number of amides is 1. The van der Waals surface area contributed by atoms with Crippen molar-refractivity contribution in [1.82, 2.24) is 9.88 Å². The van der Waals surface area contributed by atoms with Crippen molar-refractivity contribution in [3.05, 3.63) is 36.0 Å². The molecule has 0 saturated heterocycles. The third-order valence-electron chi connectivity index (χ3n) is 4.18. The molecule has 1 aromatic heterocycles. The average Bonchev–Trinajstić information content (AvgIpc) is 3.09. The molecule has 1 aliphatic carbocycles. The highest BCUT2D eigenvalue weighted by Gasteiger charge is 2.19. The van der Waals surface area contributed by atoms with E-state index in [4.69, 9.17) is 9.15 Å². The molecular weight excluding hydrogens is 352 g/mol. The van der Waals surface area contributed by atoms with Crippen molar-refractivity contribution < 1.29 is 18.7 Å². The molecule has 0 N–H and O–H groups in total. The molecule has 0 atom stereocenters. The second-order valence-corrected chi connectivity index (χ2v) is 6.90. The van der Waals surface area contributed by atoms with Crippen LogP contribution in [0.1, 0.15) is 32.6 Å². The lowest BCUT2D eigenvalue weighted by atomic mass is 10.0. The molecule has 26 heavy (non-hydrogen) atoms. The van der Waals surface area contributed by atoms with Crippen LogP contribution in [0.3, 0.4) is 0 Å². The summed E-state index contributed by atoms with van der Waals surface area (Å²) in [6, 6.07) is 7.41. The fourth-order valence-electron chi connectivity index (χ4n) is 2.90. The molecule has 0 unspecified atom stereocenters. The number of carbonyl (C=O) groups excluding carboxylic acids is 2. The third-order valence-corrected chi connectivity index (χ3v) is 4.98. The molecule has 1 aromatic carbocycles. The largest absolute Gasteiger partial charge is 0.455 e. The van der Waals surface area contributed by atoms with Crippen molar-refractivity contribution in [1.29, 1.82) is 0 Å². The molecule has 6 nitrogen and oxygen atoms in total. The summed E-state index contributed by atoms with van der Waals surface area (Å²) in [5.74, 6) is -0.588. The van der Waals surface area contributed by atoms with Crippen LogP contribution in [-0.2, 0) is 14.3 Å². The number of thioether (sulfide) groups is 1. The third kappa shape index (κ3) is 4.66. The molecule has 0 fully saturated rings. The second-order valence-electron chi connectivity index (χ2n) is 5.98. The molecule has 0 saturated carbocycles. The van der Waals surface area contributed by atoms with Crippen LogP contribution >= 0.6 is 11.8 Å². The van der Waals surface area contributed by atoms with E-state index >= 15 is 0 Å². The molecule has 7 heteroatoms. The number of esters is 1. The van der Waals surface area contributed by atoms with Gasteiger partial charge >= 0.3 is 5.97 Å². The summed E-state index contributed by atoms with van der Waals surface area (Å²) in [6.45, 7) is 2.27. The van der Waals surface area contributed by atoms with E-state index in [9.17, 15) is 9.59 Å². The van der Waals surface area contributed by atoms with Crippen molar-refractivity contribution in [3.8, 4) is 0 Å². The highest BCUT2D eigenvalue weighted by atomic mass is 32.2. The monoisotopic (exact) mass is 374 g/mol. The van der Waals surface area contributed by atoms with Crippen molar-refractivity contribution >= 4 is 34.7 Å². The Bertz CT molecular complexity index is 782. The number of carbonyl (C=O) groups is 2. The normalized spacial score (nSPS) is 14.1. The van der Waals surface area contributed by atoms with Gasteiger partial charge in [-0.05, 0) is 44.7 Å². The van der Waals surface area contributed by atoms with Gasteiger partial charge in [-0.15, -0.1) is 0 Å². The second kappa shape index (κ2) is 8.89. The summed E-state index contributed by atoms with van der Waals surface area (Å²) < 4.78 is 10.7. The number of allylic oxidation sites excluding steroid dienone is 2. The number of likely N-dealkylation sites (N-methyl/N-ethyl adjacent to an activating group) is 1. The van der Waals surface area contributed by atoms with Crippen LogP contribution in [0, 0.1) is 0 Å². The number of oxazole rings is 1. The van der Waals surface area contributed by atoms with E-state index in [1.165, 1.54) is 0 Å². The molecule has 0 radical (unpaired) electrons. The number of fused-ring (bicyclic) bond motifs is 1. The minimum Gasteiger partial charge on any atom is -0.455 e. The molecule has 0 aliphatic heterocycles. The zero-order valence-corrected chi connectivity index (χ0v) is 15.6. The fraction of sp³-hybridized carbons (Fsp3) is 0.421. The van der Waals surface area contributed by atoms with E-state index in [2.05, 4.69) is 11.1 Å². The number of rotatable bonds is 7. The van der Waals surface area contributed by atoms with Gasteiger partial charge in [-0.1, -0.05) is 30.0 Å². The topological polar surface area (TPSA) is 72.6 Å². The summed E-state index contributed by atoms with van der Waals surface area (Å²) in [7, 11) is 0. The highest BCUT2D eigenvalue weighted by molar-refractivity contribution is 7.99. The van der Waals surface area contributed by atoms with E-state index in [0.29, 0.717) is 17.4 Å².